The highest BCUT2D eigenvalue weighted by molar-refractivity contribution is 5.45. The standard InChI is InChI=1S/C17H19O3/c1-18-15-9-5-13(6-10-15)4-7-14-8-11-16(19-2)12-17(14)20-3/h5-12H,4H2,1-3H3. The Kier molecular flexibility index (Phi) is 4.88. The molecule has 2 aromatic rings. The van der Waals surface area contributed by atoms with Crippen molar-refractivity contribution in [3.05, 3.63) is 60.0 Å². The first-order chi connectivity index (χ1) is 9.76. The molecule has 0 aromatic heterocycles. The molecule has 0 spiro atoms. The zero-order valence-corrected chi connectivity index (χ0v) is 12.1. The van der Waals surface area contributed by atoms with Gasteiger partial charge < -0.3 is 14.2 Å². The molecule has 0 aliphatic heterocycles. The summed E-state index contributed by atoms with van der Waals surface area (Å²) >= 11 is 0. The van der Waals surface area contributed by atoms with E-state index in [1.807, 2.05) is 30.3 Å². The van der Waals surface area contributed by atoms with Gasteiger partial charge in [-0.3, -0.25) is 0 Å². The van der Waals surface area contributed by atoms with Gasteiger partial charge in [-0.15, -0.1) is 0 Å². The minimum absolute atomic E-state index is 0.795. The van der Waals surface area contributed by atoms with Crippen molar-refractivity contribution in [2.75, 3.05) is 21.3 Å². The Labute approximate surface area is 120 Å². The van der Waals surface area contributed by atoms with Gasteiger partial charge in [-0.1, -0.05) is 18.2 Å². The molecule has 0 heterocycles. The van der Waals surface area contributed by atoms with Crippen molar-refractivity contribution in [3.63, 3.8) is 0 Å². The number of methoxy groups -OCH3 is 3. The number of benzene rings is 2. The topological polar surface area (TPSA) is 27.7 Å². The van der Waals surface area contributed by atoms with Crippen LogP contribution in [-0.4, -0.2) is 21.3 Å². The molecule has 1 radical (unpaired) electrons. The van der Waals surface area contributed by atoms with E-state index in [0.29, 0.717) is 0 Å². The SMILES string of the molecule is COc1ccc(C[CH]c2ccc(OC)cc2OC)cc1. The molecular weight excluding hydrogens is 252 g/mol. The molecule has 3 heteroatoms. The van der Waals surface area contributed by atoms with Crippen LogP contribution in [0.3, 0.4) is 0 Å². The molecule has 0 saturated carbocycles. The van der Waals surface area contributed by atoms with E-state index in [1.165, 1.54) is 5.56 Å². The van der Waals surface area contributed by atoms with Gasteiger partial charge in [0.2, 0.25) is 0 Å². The van der Waals surface area contributed by atoms with E-state index in [1.54, 1.807) is 21.3 Å². The predicted octanol–water partition coefficient (Wildman–Crippen LogP) is 3.51. The first-order valence-corrected chi connectivity index (χ1v) is 6.45. The van der Waals surface area contributed by atoms with Crippen LogP contribution in [0.4, 0.5) is 0 Å². The third-order valence-corrected chi connectivity index (χ3v) is 3.16. The smallest absolute Gasteiger partial charge is 0.126 e. The third-order valence-electron chi connectivity index (χ3n) is 3.16. The fourth-order valence-electron chi connectivity index (χ4n) is 1.98. The lowest BCUT2D eigenvalue weighted by molar-refractivity contribution is 0.392. The van der Waals surface area contributed by atoms with E-state index in [-0.39, 0.29) is 0 Å². The highest BCUT2D eigenvalue weighted by atomic mass is 16.5. The average molecular weight is 271 g/mol. The zero-order valence-electron chi connectivity index (χ0n) is 12.1. The summed E-state index contributed by atoms with van der Waals surface area (Å²) in [5.41, 5.74) is 2.28. The third kappa shape index (κ3) is 3.44. The molecule has 0 saturated heterocycles. The van der Waals surface area contributed by atoms with Crippen LogP contribution in [0.2, 0.25) is 0 Å². The highest BCUT2D eigenvalue weighted by Crippen LogP contribution is 2.26. The molecule has 0 aliphatic rings. The van der Waals surface area contributed by atoms with Crippen molar-refractivity contribution in [2.45, 2.75) is 6.42 Å². The molecule has 2 rings (SSSR count). The van der Waals surface area contributed by atoms with E-state index in [4.69, 9.17) is 14.2 Å². The summed E-state index contributed by atoms with van der Waals surface area (Å²) in [5.74, 6) is 2.48. The maximum atomic E-state index is 5.38. The Morgan fingerprint density at radius 2 is 1.45 bits per heavy atom. The van der Waals surface area contributed by atoms with Gasteiger partial charge >= 0.3 is 0 Å². The van der Waals surface area contributed by atoms with Crippen molar-refractivity contribution in [1.29, 1.82) is 0 Å². The van der Waals surface area contributed by atoms with Crippen LogP contribution in [0.25, 0.3) is 0 Å². The number of hydrogen-bond acceptors (Lipinski definition) is 3. The summed E-state index contributed by atoms with van der Waals surface area (Å²) in [4.78, 5) is 0. The first-order valence-electron chi connectivity index (χ1n) is 6.45. The van der Waals surface area contributed by atoms with E-state index in [2.05, 4.69) is 18.6 Å². The van der Waals surface area contributed by atoms with Gasteiger partial charge in [0.15, 0.2) is 0 Å². The maximum absolute atomic E-state index is 5.38. The Morgan fingerprint density at radius 1 is 0.800 bits per heavy atom. The lowest BCUT2D eigenvalue weighted by atomic mass is 10.0. The fraction of sp³-hybridized carbons (Fsp3) is 0.235. The van der Waals surface area contributed by atoms with Crippen LogP contribution in [-0.2, 0) is 6.42 Å². The van der Waals surface area contributed by atoms with Crippen LogP contribution in [0.15, 0.2) is 42.5 Å². The summed E-state index contributed by atoms with van der Waals surface area (Å²) in [6, 6.07) is 13.9. The summed E-state index contributed by atoms with van der Waals surface area (Å²) in [6.07, 6.45) is 2.98. The second-order valence-electron chi connectivity index (χ2n) is 4.36. The molecule has 0 bridgehead atoms. The lowest BCUT2D eigenvalue weighted by Crippen LogP contribution is -1.95. The molecule has 3 nitrogen and oxygen atoms in total. The zero-order chi connectivity index (χ0) is 14.4. The highest BCUT2D eigenvalue weighted by Gasteiger charge is 2.06. The quantitative estimate of drug-likeness (QED) is 0.804. The number of hydrogen-bond donors (Lipinski definition) is 0. The number of rotatable bonds is 6. The summed E-state index contributed by atoms with van der Waals surface area (Å²) in [6.45, 7) is 0. The van der Waals surface area contributed by atoms with Gasteiger partial charge in [0.25, 0.3) is 0 Å². The Hall–Kier alpha value is -2.16. The largest absolute Gasteiger partial charge is 0.497 e. The lowest BCUT2D eigenvalue weighted by Gasteiger charge is -2.10. The molecule has 0 aliphatic carbocycles. The van der Waals surface area contributed by atoms with Crippen LogP contribution >= 0.6 is 0 Å². The Bertz CT molecular complexity index is 547. The minimum Gasteiger partial charge on any atom is -0.497 e. The minimum atomic E-state index is 0.795. The second kappa shape index (κ2) is 6.85. The van der Waals surface area contributed by atoms with Crippen molar-refractivity contribution in [3.8, 4) is 17.2 Å². The van der Waals surface area contributed by atoms with Crippen molar-refractivity contribution in [1.82, 2.24) is 0 Å². The molecule has 0 atom stereocenters. The molecule has 105 valence electrons. The normalized spacial score (nSPS) is 10.2. The maximum Gasteiger partial charge on any atom is 0.126 e. The van der Waals surface area contributed by atoms with Gasteiger partial charge in [-0.25, -0.2) is 0 Å². The van der Waals surface area contributed by atoms with Gasteiger partial charge in [0, 0.05) is 6.07 Å². The van der Waals surface area contributed by atoms with Crippen molar-refractivity contribution >= 4 is 0 Å². The van der Waals surface area contributed by atoms with E-state index >= 15 is 0 Å². The molecule has 0 fully saturated rings. The van der Waals surface area contributed by atoms with Gasteiger partial charge in [-0.05, 0) is 42.2 Å². The van der Waals surface area contributed by atoms with E-state index < -0.39 is 0 Å². The molecule has 20 heavy (non-hydrogen) atoms. The van der Waals surface area contributed by atoms with Crippen molar-refractivity contribution in [2.24, 2.45) is 0 Å². The second-order valence-corrected chi connectivity index (χ2v) is 4.36. The van der Waals surface area contributed by atoms with Crippen molar-refractivity contribution < 1.29 is 14.2 Å². The Balaban J connectivity index is 2.05. The van der Waals surface area contributed by atoms with Gasteiger partial charge in [0.05, 0.1) is 21.3 Å². The molecular formula is C17H19O3. The van der Waals surface area contributed by atoms with Gasteiger partial charge in [0.1, 0.15) is 17.2 Å². The van der Waals surface area contributed by atoms with E-state index in [9.17, 15) is 0 Å². The average Bonchev–Trinajstić information content (AvgIpc) is 2.53. The first kappa shape index (κ1) is 14.3. The predicted molar refractivity (Wildman–Crippen MR) is 79.6 cm³/mol. The Morgan fingerprint density at radius 3 is 2.05 bits per heavy atom. The van der Waals surface area contributed by atoms with Gasteiger partial charge in [-0.2, -0.15) is 0 Å². The summed E-state index contributed by atoms with van der Waals surface area (Å²) < 4.78 is 15.7. The summed E-state index contributed by atoms with van der Waals surface area (Å²) in [5, 5.41) is 0. The monoisotopic (exact) mass is 271 g/mol. The fourth-order valence-corrected chi connectivity index (χ4v) is 1.98. The van der Waals surface area contributed by atoms with Crippen LogP contribution in [0, 0.1) is 6.42 Å². The van der Waals surface area contributed by atoms with Crippen LogP contribution in [0.5, 0.6) is 17.2 Å². The molecule has 0 unspecified atom stereocenters. The summed E-state index contributed by atoms with van der Waals surface area (Å²) in [7, 11) is 4.98. The molecule has 0 N–H and O–H groups in total. The van der Waals surface area contributed by atoms with Crippen LogP contribution in [0.1, 0.15) is 11.1 Å². The number of ether oxygens (including phenoxy) is 3. The molecule has 2 aromatic carbocycles. The van der Waals surface area contributed by atoms with E-state index in [0.717, 1.165) is 29.2 Å². The van der Waals surface area contributed by atoms with Crippen LogP contribution < -0.4 is 14.2 Å². The molecule has 0 amide bonds.